The van der Waals surface area contributed by atoms with Crippen LogP contribution in [0.15, 0.2) is 45.0 Å². The second-order valence-corrected chi connectivity index (χ2v) is 7.19. The van der Waals surface area contributed by atoms with Gasteiger partial charge >= 0.3 is 0 Å². The van der Waals surface area contributed by atoms with Crippen LogP contribution in [0.25, 0.3) is 0 Å². The first-order chi connectivity index (χ1) is 13.4. The molecule has 3 rings (SSSR count). The van der Waals surface area contributed by atoms with Gasteiger partial charge in [0.05, 0.1) is 29.7 Å². The van der Waals surface area contributed by atoms with Crippen LogP contribution in [0, 0.1) is 18.3 Å². The van der Waals surface area contributed by atoms with Crippen molar-refractivity contribution in [3.05, 3.63) is 67.4 Å². The number of nitriles is 1. The van der Waals surface area contributed by atoms with E-state index in [0.29, 0.717) is 34.7 Å². The zero-order valence-corrected chi connectivity index (χ0v) is 17.4. The summed E-state index contributed by atoms with van der Waals surface area (Å²) in [5.41, 5.74) is 7.82. The summed E-state index contributed by atoms with van der Waals surface area (Å²) in [6.07, 6.45) is 0. The number of allylic oxidation sites excluding steroid dienone is 1. The lowest BCUT2D eigenvalue weighted by Crippen LogP contribution is -2.33. The minimum Gasteiger partial charge on any atom is -0.496 e. The maximum atomic E-state index is 13.3. The quantitative estimate of drug-likeness (QED) is 0.759. The van der Waals surface area contributed by atoms with Crippen LogP contribution in [0.3, 0.4) is 0 Å². The molecule has 1 aromatic carbocycles. The predicted octanol–water partition coefficient (Wildman–Crippen LogP) is 2.79. The first kappa shape index (κ1) is 20.0. The molecule has 0 unspecified atom stereocenters. The third kappa shape index (κ3) is 3.39. The van der Waals surface area contributed by atoms with Crippen molar-refractivity contribution in [2.75, 3.05) is 20.8 Å². The highest BCUT2D eigenvalue weighted by molar-refractivity contribution is 9.10. The van der Waals surface area contributed by atoms with Gasteiger partial charge in [0, 0.05) is 25.4 Å². The molecule has 0 amide bonds. The number of hydrogen-bond acceptors (Lipinski definition) is 6. The molecule has 2 aromatic rings. The lowest BCUT2D eigenvalue weighted by molar-refractivity contribution is 0.185. The van der Waals surface area contributed by atoms with Crippen molar-refractivity contribution in [2.24, 2.45) is 5.73 Å². The Morgan fingerprint density at radius 1 is 1.36 bits per heavy atom. The van der Waals surface area contributed by atoms with Crippen molar-refractivity contribution in [3.63, 3.8) is 0 Å². The lowest BCUT2D eigenvalue weighted by atomic mass is 9.84. The van der Waals surface area contributed by atoms with Crippen molar-refractivity contribution < 1.29 is 14.2 Å². The molecular weight excluding hydrogens is 426 g/mol. The average molecular weight is 446 g/mol. The number of fused-ring (bicyclic) bond motifs is 1. The van der Waals surface area contributed by atoms with E-state index in [4.69, 9.17) is 19.9 Å². The van der Waals surface area contributed by atoms with Crippen LogP contribution in [-0.4, -0.2) is 25.4 Å². The first-order valence-corrected chi connectivity index (χ1v) is 9.36. The molecule has 0 saturated heterocycles. The molecule has 8 heteroatoms. The van der Waals surface area contributed by atoms with E-state index in [1.165, 1.54) is 0 Å². The van der Waals surface area contributed by atoms with Crippen LogP contribution in [0.4, 0.5) is 0 Å². The molecule has 2 N–H and O–H groups in total. The molecule has 1 atom stereocenters. The topological polar surface area (TPSA) is 99.5 Å². The summed E-state index contributed by atoms with van der Waals surface area (Å²) in [6, 6.07) is 9.28. The smallest absolute Gasteiger partial charge is 0.258 e. The summed E-state index contributed by atoms with van der Waals surface area (Å²) in [5, 5.41) is 9.71. The summed E-state index contributed by atoms with van der Waals surface area (Å²) < 4.78 is 18.4. The van der Waals surface area contributed by atoms with E-state index in [2.05, 4.69) is 22.0 Å². The van der Waals surface area contributed by atoms with Crippen molar-refractivity contribution in [2.45, 2.75) is 19.4 Å². The van der Waals surface area contributed by atoms with Crippen LogP contribution in [0.1, 0.15) is 22.7 Å². The Hall–Kier alpha value is -2.76. The van der Waals surface area contributed by atoms with Gasteiger partial charge in [0.25, 0.3) is 5.56 Å². The number of aryl methyl sites for hydroxylation is 1. The van der Waals surface area contributed by atoms with Gasteiger partial charge in [-0.3, -0.25) is 4.79 Å². The van der Waals surface area contributed by atoms with Gasteiger partial charge < -0.3 is 24.5 Å². The molecule has 0 spiro atoms. The van der Waals surface area contributed by atoms with Crippen LogP contribution in [0.5, 0.6) is 11.5 Å². The van der Waals surface area contributed by atoms with Crippen LogP contribution >= 0.6 is 15.9 Å². The van der Waals surface area contributed by atoms with Crippen molar-refractivity contribution >= 4 is 15.9 Å². The molecule has 0 radical (unpaired) electrons. The van der Waals surface area contributed by atoms with E-state index in [1.54, 1.807) is 30.9 Å². The van der Waals surface area contributed by atoms with E-state index in [1.807, 2.05) is 19.1 Å². The normalized spacial score (nSPS) is 15.6. The van der Waals surface area contributed by atoms with Gasteiger partial charge in [-0.15, -0.1) is 0 Å². The zero-order chi connectivity index (χ0) is 20.4. The Bertz CT molecular complexity index is 1050. The van der Waals surface area contributed by atoms with Crippen molar-refractivity contribution in [1.29, 1.82) is 5.26 Å². The highest BCUT2D eigenvalue weighted by Crippen LogP contribution is 2.42. The van der Waals surface area contributed by atoms with Gasteiger partial charge in [-0.1, -0.05) is 6.07 Å². The van der Waals surface area contributed by atoms with E-state index in [9.17, 15) is 10.1 Å². The molecule has 0 aliphatic carbocycles. The highest BCUT2D eigenvalue weighted by Gasteiger charge is 2.34. The molecule has 0 fully saturated rings. The maximum absolute atomic E-state index is 13.3. The number of rotatable bonds is 5. The van der Waals surface area contributed by atoms with Gasteiger partial charge in [-0.2, -0.15) is 5.26 Å². The van der Waals surface area contributed by atoms with E-state index in [0.717, 1.165) is 11.3 Å². The minimum atomic E-state index is -0.641. The number of benzene rings is 1. The summed E-state index contributed by atoms with van der Waals surface area (Å²) in [4.78, 5) is 13.3. The number of pyridine rings is 1. The predicted molar refractivity (Wildman–Crippen MR) is 107 cm³/mol. The van der Waals surface area contributed by atoms with Gasteiger partial charge in [0.1, 0.15) is 23.1 Å². The summed E-state index contributed by atoms with van der Waals surface area (Å²) >= 11 is 3.46. The Kier molecular flexibility index (Phi) is 5.77. The van der Waals surface area contributed by atoms with Gasteiger partial charge in [-0.25, -0.2) is 0 Å². The molecule has 7 nitrogen and oxygen atoms in total. The molecule has 1 aromatic heterocycles. The Labute approximate surface area is 171 Å². The van der Waals surface area contributed by atoms with Crippen molar-refractivity contribution in [1.82, 2.24) is 4.57 Å². The molecule has 28 heavy (non-hydrogen) atoms. The summed E-state index contributed by atoms with van der Waals surface area (Å²) in [7, 11) is 3.15. The van der Waals surface area contributed by atoms with E-state index >= 15 is 0 Å². The highest BCUT2D eigenvalue weighted by atomic mass is 79.9. The lowest BCUT2D eigenvalue weighted by Gasteiger charge is -2.27. The minimum absolute atomic E-state index is 0.000354. The number of nitrogens with zero attached hydrogens (tertiary/aromatic N) is 2. The third-order valence-corrected chi connectivity index (χ3v) is 5.34. The molecule has 0 bridgehead atoms. The van der Waals surface area contributed by atoms with Crippen molar-refractivity contribution in [3.8, 4) is 17.6 Å². The second-order valence-electron chi connectivity index (χ2n) is 6.33. The van der Waals surface area contributed by atoms with E-state index < -0.39 is 5.92 Å². The number of halogens is 1. The average Bonchev–Trinajstić information content (AvgIpc) is 2.66. The van der Waals surface area contributed by atoms with Crippen LogP contribution in [0.2, 0.25) is 0 Å². The zero-order valence-electron chi connectivity index (χ0n) is 15.8. The summed E-state index contributed by atoms with van der Waals surface area (Å²) in [6.45, 7) is 2.61. The SMILES string of the molecule is COCCn1c(C)cc2c(c1=O)[C@@H](c1ccc(OC)c(Br)c1)C(C#N)=C(N)O2. The first-order valence-electron chi connectivity index (χ1n) is 8.57. The Morgan fingerprint density at radius 2 is 2.11 bits per heavy atom. The molecule has 2 heterocycles. The molecule has 146 valence electrons. The molecule has 0 saturated carbocycles. The number of ether oxygens (including phenoxy) is 3. The number of methoxy groups -OCH3 is 2. The Balaban J connectivity index is 2.26. The molecular formula is C20H20BrN3O4. The number of nitrogens with two attached hydrogens (primary N) is 1. The molecule has 1 aliphatic heterocycles. The fourth-order valence-electron chi connectivity index (χ4n) is 3.34. The second kappa shape index (κ2) is 8.09. The van der Waals surface area contributed by atoms with Crippen LogP contribution < -0.4 is 20.8 Å². The van der Waals surface area contributed by atoms with Gasteiger partial charge in [0.2, 0.25) is 5.88 Å². The fraction of sp³-hybridized carbons (Fsp3) is 0.300. The standard InChI is InChI=1S/C20H20BrN3O4/c1-11-8-16-18(20(25)24(11)6-7-26-2)17(13(10-22)19(23)28-16)12-4-5-15(27-3)14(21)9-12/h4-5,8-9,17H,6-7,23H2,1-3H3/t17-/m0/s1. The van der Waals surface area contributed by atoms with Crippen LogP contribution in [-0.2, 0) is 11.3 Å². The third-order valence-electron chi connectivity index (χ3n) is 4.72. The van der Waals surface area contributed by atoms with Gasteiger partial charge in [0.15, 0.2) is 0 Å². The van der Waals surface area contributed by atoms with E-state index in [-0.39, 0.29) is 17.0 Å². The molecule has 1 aliphatic rings. The maximum Gasteiger partial charge on any atom is 0.258 e. The number of aromatic nitrogens is 1. The monoisotopic (exact) mass is 445 g/mol. The Morgan fingerprint density at radius 3 is 2.71 bits per heavy atom. The number of hydrogen-bond donors (Lipinski definition) is 1. The van der Waals surface area contributed by atoms with Gasteiger partial charge in [-0.05, 0) is 40.5 Å². The largest absolute Gasteiger partial charge is 0.496 e. The summed E-state index contributed by atoms with van der Waals surface area (Å²) in [5.74, 6) is 0.371. The fourth-order valence-corrected chi connectivity index (χ4v) is 3.90.